The number of benzene rings is 2. The van der Waals surface area contributed by atoms with Crippen LogP contribution in [-0.2, 0) is 4.74 Å². The molecule has 0 aliphatic rings. The molecule has 0 saturated heterocycles. The Labute approximate surface area is 164 Å². The van der Waals surface area contributed by atoms with Crippen molar-refractivity contribution in [2.24, 2.45) is 0 Å². The topological polar surface area (TPSA) is 81.2 Å². The van der Waals surface area contributed by atoms with Crippen molar-refractivity contribution in [3.8, 4) is 11.3 Å². The van der Waals surface area contributed by atoms with Crippen molar-refractivity contribution in [2.45, 2.75) is 0 Å². The molecule has 4 rings (SSSR count). The minimum Gasteiger partial charge on any atom is -0.464 e. The first-order valence-electron chi connectivity index (χ1n) is 8.45. The van der Waals surface area contributed by atoms with E-state index in [2.05, 4.69) is 32.2 Å². The second-order valence-corrected chi connectivity index (χ2v) is 6.81. The van der Waals surface area contributed by atoms with E-state index < -0.39 is 11.9 Å². The highest BCUT2D eigenvalue weighted by Crippen LogP contribution is 2.28. The van der Waals surface area contributed by atoms with Gasteiger partial charge in [-0.2, -0.15) is 0 Å². The second-order valence-electron chi connectivity index (χ2n) is 5.95. The first kappa shape index (κ1) is 17.8. The number of pyridine rings is 1. The average Bonchev–Trinajstić information content (AvgIpc) is 3.21. The molecule has 0 fully saturated rings. The fraction of sp³-hybridized carbons (Fsp3) is 0.0476. The summed E-state index contributed by atoms with van der Waals surface area (Å²) in [6.07, 6.45) is 0. The summed E-state index contributed by atoms with van der Waals surface area (Å²) in [5.74, 6) is -1.03. The van der Waals surface area contributed by atoms with Gasteiger partial charge in [0, 0.05) is 10.9 Å². The third-order valence-electron chi connectivity index (χ3n) is 4.15. The summed E-state index contributed by atoms with van der Waals surface area (Å²) in [5, 5.41) is 7.35. The molecule has 0 atom stereocenters. The van der Waals surface area contributed by atoms with E-state index in [9.17, 15) is 9.59 Å². The van der Waals surface area contributed by atoms with Crippen molar-refractivity contribution in [3.05, 3.63) is 77.4 Å². The zero-order valence-corrected chi connectivity index (χ0v) is 15.7. The summed E-state index contributed by atoms with van der Waals surface area (Å²) in [5.41, 5.74) is 1.94. The quantitative estimate of drug-likeness (QED) is 0.523. The summed E-state index contributed by atoms with van der Waals surface area (Å²) in [6.45, 7) is 0. The van der Waals surface area contributed by atoms with Gasteiger partial charge in [-0.15, -0.1) is 11.3 Å². The number of anilines is 1. The molecule has 2 aromatic heterocycles. The molecule has 0 bridgehead atoms. The highest BCUT2D eigenvalue weighted by atomic mass is 32.1. The SMILES string of the molecule is COC(=O)c1cccc(C(=O)Nc2nc(-c3ccc4ccccc4c3)cs2)n1. The number of aromatic nitrogens is 2. The Balaban J connectivity index is 1.54. The van der Waals surface area contributed by atoms with Gasteiger partial charge in [-0.25, -0.2) is 14.8 Å². The molecule has 7 heteroatoms. The smallest absolute Gasteiger partial charge is 0.356 e. The monoisotopic (exact) mass is 389 g/mol. The van der Waals surface area contributed by atoms with Crippen molar-refractivity contribution < 1.29 is 14.3 Å². The predicted molar refractivity (Wildman–Crippen MR) is 109 cm³/mol. The highest BCUT2D eigenvalue weighted by Gasteiger charge is 2.14. The molecule has 28 heavy (non-hydrogen) atoms. The summed E-state index contributed by atoms with van der Waals surface area (Å²) < 4.78 is 4.63. The number of hydrogen-bond acceptors (Lipinski definition) is 6. The number of rotatable bonds is 4. The van der Waals surface area contributed by atoms with Gasteiger partial charge in [-0.3, -0.25) is 10.1 Å². The second kappa shape index (κ2) is 7.58. The molecule has 0 spiro atoms. The Morgan fingerprint density at radius 1 is 0.929 bits per heavy atom. The van der Waals surface area contributed by atoms with Crippen molar-refractivity contribution >= 4 is 39.1 Å². The summed E-state index contributed by atoms with van der Waals surface area (Å²) in [6, 6.07) is 18.8. The minimum atomic E-state index is -0.595. The number of carbonyl (C=O) groups excluding carboxylic acids is 2. The zero-order chi connectivity index (χ0) is 19.5. The van der Waals surface area contributed by atoms with E-state index in [4.69, 9.17) is 0 Å². The van der Waals surface area contributed by atoms with E-state index in [0.717, 1.165) is 22.0 Å². The van der Waals surface area contributed by atoms with Crippen LogP contribution in [0.1, 0.15) is 21.0 Å². The number of nitrogens with one attached hydrogen (secondary N) is 1. The number of carbonyl (C=O) groups is 2. The Hall–Kier alpha value is -3.58. The third-order valence-corrected chi connectivity index (χ3v) is 4.90. The van der Waals surface area contributed by atoms with Crippen LogP contribution in [0.3, 0.4) is 0 Å². The average molecular weight is 389 g/mol. The van der Waals surface area contributed by atoms with Crippen molar-refractivity contribution in [1.82, 2.24) is 9.97 Å². The maximum absolute atomic E-state index is 12.4. The van der Waals surface area contributed by atoms with E-state index in [1.54, 1.807) is 6.07 Å². The van der Waals surface area contributed by atoms with Gasteiger partial charge in [-0.1, -0.05) is 42.5 Å². The molecule has 0 saturated carbocycles. The van der Waals surface area contributed by atoms with E-state index in [0.29, 0.717) is 5.13 Å². The largest absolute Gasteiger partial charge is 0.464 e. The van der Waals surface area contributed by atoms with Gasteiger partial charge < -0.3 is 4.74 Å². The summed E-state index contributed by atoms with van der Waals surface area (Å²) in [7, 11) is 1.26. The van der Waals surface area contributed by atoms with Crippen LogP contribution in [0.15, 0.2) is 66.0 Å². The number of fused-ring (bicyclic) bond motifs is 1. The minimum absolute atomic E-state index is 0.0751. The fourth-order valence-electron chi connectivity index (χ4n) is 2.75. The van der Waals surface area contributed by atoms with Crippen LogP contribution < -0.4 is 5.32 Å². The van der Waals surface area contributed by atoms with E-state index in [-0.39, 0.29) is 11.4 Å². The molecule has 2 aromatic carbocycles. The molecule has 0 unspecified atom stereocenters. The van der Waals surface area contributed by atoms with Crippen LogP contribution in [0.4, 0.5) is 5.13 Å². The summed E-state index contributed by atoms with van der Waals surface area (Å²) in [4.78, 5) is 32.5. The van der Waals surface area contributed by atoms with Gasteiger partial charge in [0.25, 0.3) is 5.91 Å². The maximum atomic E-state index is 12.4. The lowest BCUT2D eigenvalue weighted by atomic mass is 10.1. The van der Waals surface area contributed by atoms with Crippen LogP contribution in [0.25, 0.3) is 22.0 Å². The standard InChI is InChI=1S/C21H15N3O3S/c1-27-20(26)17-8-4-7-16(22-17)19(25)24-21-23-18(12-28-21)15-10-9-13-5-2-3-6-14(13)11-15/h2-12H,1H3,(H,23,24,25). The van der Waals surface area contributed by atoms with Crippen molar-refractivity contribution in [3.63, 3.8) is 0 Å². The number of nitrogens with zero attached hydrogens (tertiary/aromatic N) is 2. The molecule has 1 N–H and O–H groups in total. The molecular formula is C21H15N3O3S. The molecule has 6 nitrogen and oxygen atoms in total. The number of methoxy groups -OCH3 is 1. The number of hydrogen-bond donors (Lipinski definition) is 1. The van der Waals surface area contributed by atoms with Crippen LogP contribution in [0.5, 0.6) is 0 Å². The van der Waals surface area contributed by atoms with Gasteiger partial charge >= 0.3 is 5.97 Å². The van der Waals surface area contributed by atoms with Crippen LogP contribution in [-0.4, -0.2) is 29.0 Å². The number of esters is 1. The molecule has 0 aliphatic heterocycles. The van der Waals surface area contributed by atoms with Crippen molar-refractivity contribution in [2.75, 3.05) is 12.4 Å². The van der Waals surface area contributed by atoms with Crippen LogP contribution in [0.2, 0.25) is 0 Å². The first-order valence-corrected chi connectivity index (χ1v) is 9.33. The Morgan fingerprint density at radius 2 is 1.71 bits per heavy atom. The molecular weight excluding hydrogens is 374 g/mol. The van der Waals surface area contributed by atoms with Gasteiger partial charge in [0.15, 0.2) is 5.13 Å². The van der Waals surface area contributed by atoms with Crippen LogP contribution >= 0.6 is 11.3 Å². The van der Waals surface area contributed by atoms with Crippen molar-refractivity contribution in [1.29, 1.82) is 0 Å². The van der Waals surface area contributed by atoms with Gasteiger partial charge in [0.05, 0.1) is 12.8 Å². The number of thiazole rings is 1. The number of amides is 1. The van der Waals surface area contributed by atoms with Gasteiger partial charge in [0.1, 0.15) is 11.4 Å². The molecule has 1 amide bonds. The van der Waals surface area contributed by atoms with E-state index in [1.807, 2.05) is 35.7 Å². The lowest BCUT2D eigenvalue weighted by molar-refractivity contribution is 0.0594. The Bertz CT molecular complexity index is 1190. The molecule has 0 radical (unpaired) electrons. The highest BCUT2D eigenvalue weighted by molar-refractivity contribution is 7.14. The normalized spacial score (nSPS) is 10.6. The maximum Gasteiger partial charge on any atom is 0.356 e. The third kappa shape index (κ3) is 3.60. The Morgan fingerprint density at radius 3 is 2.54 bits per heavy atom. The van der Waals surface area contributed by atoms with E-state index in [1.165, 1.54) is 30.6 Å². The molecule has 4 aromatic rings. The number of ether oxygens (including phenoxy) is 1. The summed E-state index contributed by atoms with van der Waals surface area (Å²) >= 11 is 1.33. The fourth-order valence-corrected chi connectivity index (χ4v) is 3.47. The predicted octanol–water partition coefficient (Wildman–Crippen LogP) is 4.40. The van der Waals surface area contributed by atoms with Crippen LogP contribution in [0, 0.1) is 0 Å². The Kier molecular flexibility index (Phi) is 4.82. The molecule has 138 valence electrons. The zero-order valence-electron chi connectivity index (χ0n) is 14.9. The molecule has 2 heterocycles. The first-order chi connectivity index (χ1) is 13.6. The lowest BCUT2D eigenvalue weighted by Gasteiger charge is -2.03. The van der Waals surface area contributed by atoms with Gasteiger partial charge in [0.2, 0.25) is 0 Å². The van der Waals surface area contributed by atoms with E-state index >= 15 is 0 Å². The lowest BCUT2D eigenvalue weighted by Crippen LogP contribution is -2.15. The molecule has 0 aliphatic carbocycles. The van der Waals surface area contributed by atoms with Gasteiger partial charge in [-0.05, 0) is 29.0 Å².